The first-order valence-corrected chi connectivity index (χ1v) is 7.39. The molecule has 3 heteroatoms. The molecule has 3 rings (SSSR count). The summed E-state index contributed by atoms with van der Waals surface area (Å²) in [6, 6.07) is 14.2. The molecule has 0 spiro atoms. The normalized spacial score (nSPS) is 13.6. The molecule has 21 heavy (non-hydrogen) atoms. The van der Waals surface area contributed by atoms with E-state index in [4.69, 9.17) is 0 Å². The fourth-order valence-electron chi connectivity index (χ4n) is 2.73. The number of anilines is 1. The SMILES string of the molecule is Cc1ccc(CC(=O)Nc2cccc3c2CCNC3)cc1. The van der Waals surface area contributed by atoms with E-state index in [1.165, 1.54) is 16.7 Å². The number of aryl methyl sites for hydroxylation is 1. The number of benzene rings is 2. The molecule has 0 radical (unpaired) electrons. The summed E-state index contributed by atoms with van der Waals surface area (Å²) in [6.07, 6.45) is 1.39. The third-order valence-electron chi connectivity index (χ3n) is 3.90. The van der Waals surface area contributed by atoms with Crippen LogP contribution in [0.15, 0.2) is 42.5 Å². The van der Waals surface area contributed by atoms with Crippen LogP contribution in [0.3, 0.4) is 0 Å². The lowest BCUT2D eigenvalue weighted by molar-refractivity contribution is -0.115. The number of carbonyl (C=O) groups is 1. The molecule has 0 saturated carbocycles. The molecule has 1 aliphatic rings. The van der Waals surface area contributed by atoms with Gasteiger partial charge in [0.2, 0.25) is 5.91 Å². The zero-order valence-corrected chi connectivity index (χ0v) is 12.3. The first kappa shape index (κ1) is 13.8. The lowest BCUT2D eigenvalue weighted by atomic mass is 9.99. The highest BCUT2D eigenvalue weighted by Gasteiger charge is 2.14. The van der Waals surface area contributed by atoms with Crippen molar-refractivity contribution in [3.63, 3.8) is 0 Å². The minimum absolute atomic E-state index is 0.0470. The number of nitrogens with one attached hydrogen (secondary N) is 2. The number of carbonyl (C=O) groups excluding carboxylic acids is 1. The third-order valence-corrected chi connectivity index (χ3v) is 3.90. The lowest BCUT2D eigenvalue weighted by Crippen LogP contribution is -2.25. The second-order valence-corrected chi connectivity index (χ2v) is 5.58. The van der Waals surface area contributed by atoms with Gasteiger partial charge in [-0.25, -0.2) is 0 Å². The summed E-state index contributed by atoms with van der Waals surface area (Å²) in [4.78, 5) is 12.2. The van der Waals surface area contributed by atoms with Gasteiger partial charge in [0.25, 0.3) is 0 Å². The highest BCUT2D eigenvalue weighted by molar-refractivity contribution is 5.93. The first-order valence-electron chi connectivity index (χ1n) is 7.39. The zero-order chi connectivity index (χ0) is 14.7. The van der Waals surface area contributed by atoms with Crippen molar-refractivity contribution in [1.29, 1.82) is 0 Å². The van der Waals surface area contributed by atoms with Crippen LogP contribution in [0.1, 0.15) is 22.3 Å². The van der Waals surface area contributed by atoms with Crippen LogP contribution in [0.4, 0.5) is 5.69 Å². The van der Waals surface area contributed by atoms with E-state index in [2.05, 4.69) is 16.7 Å². The minimum Gasteiger partial charge on any atom is -0.326 e. The predicted molar refractivity (Wildman–Crippen MR) is 85.4 cm³/mol. The van der Waals surface area contributed by atoms with Gasteiger partial charge in [0.1, 0.15) is 0 Å². The second-order valence-electron chi connectivity index (χ2n) is 5.58. The van der Waals surface area contributed by atoms with E-state index in [1.54, 1.807) is 0 Å². The predicted octanol–water partition coefficient (Wildman–Crippen LogP) is 2.82. The molecule has 0 saturated heterocycles. The first-order chi connectivity index (χ1) is 10.2. The van der Waals surface area contributed by atoms with Gasteiger partial charge in [0.05, 0.1) is 6.42 Å². The van der Waals surface area contributed by atoms with Crippen LogP contribution < -0.4 is 10.6 Å². The summed E-state index contributed by atoms with van der Waals surface area (Å²) in [5.41, 5.74) is 5.78. The van der Waals surface area contributed by atoms with Gasteiger partial charge in [-0.15, -0.1) is 0 Å². The molecule has 0 unspecified atom stereocenters. The van der Waals surface area contributed by atoms with E-state index in [0.29, 0.717) is 6.42 Å². The number of amides is 1. The van der Waals surface area contributed by atoms with Crippen molar-refractivity contribution in [1.82, 2.24) is 5.32 Å². The van der Waals surface area contributed by atoms with Crippen molar-refractivity contribution in [2.75, 3.05) is 11.9 Å². The molecule has 0 aromatic heterocycles. The topological polar surface area (TPSA) is 41.1 Å². The summed E-state index contributed by atoms with van der Waals surface area (Å²) in [7, 11) is 0. The Morgan fingerprint density at radius 1 is 1.19 bits per heavy atom. The highest BCUT2D eigenvalue weighted by atomic mass is 16.1. The van der Waals surface area contributed by atoms with Crippen molar-refractivity contribution >= 4 is 11.6 Å². The molecule has 0 aliphatic carbocycles. The summed E-state index contributed by atoms with van der Waals surface area (Å²) < 4.78 is 0. The van der Waals surface area contributed by atoms with Crippen LogP contribution >= 0.6 is 0 Å². The molecule has 1 heterocycles. The van der Waals surface area contributed by atoms with Gasteiger partial charge in [0, 0.05) is 12.2 Å². The van der Waals surface area contributed by atoms with E-state index in [-0.39, 0.29) is 5.91 Å². The Hall–Kier alpha value is -2.13. The molecule has 3 nitrogen and oxygen atoms in total. The van der Waals surface area contributed by atoms with Crippen LogP contribution in [0.5, 0.6) is 0 Å². The van der Waals surface area contributed by atoms with Crippen molar-refractivity contribution in [3.8, 4) is 0 Å². The van der Waals surface area contributed by atoms with Crippen molar-refractivity contribution < 1.29 is 4.79 Å². The average molecular weight is 280 g/mol. The molecular weight excluding hydrogens is 260 g/mol. The quantitative estimate of drug-likeness (QED) is 0.907. The molecule has 108 valence electrons. The van der Waals surface area contributed by atoms with Crippen molar-refractivity contribution in [2.24, 2.45) is 0 Å². The van der Waals surface area contributed by atoms with Gasteiger partial charge in [-0.2, -0.15) is 0 Å². The summed E-state index contributed by atoms with van der Waals surface area (Å²) in [5, 5.41) is 6.42. The van der Waals surface area contributed by atoms with Crippen LogP contribution in [0.25, 0.3) is 0 Å². The van der Waals surface area contributed by atoms with Crippen LogP contribution in [-0.2, 0) is 24.2 Å². The second kappa shape index (κ2) is 6.10. The van der Waals surface area contributed by atoms with Gasteiger partial charge < -0.3 is 10.6 Å². The molecule has 0 atom stereocenters. The Morgan fingerprint density at radius 2 is 2.00 bits per heavy atom. The van der Waals surface area contributed by atoms with E-state index >= 15 is 0 Å². The zero-order valence-electron chi connectivity index (χ0n) is 12.3. The maximum absolute atomic E-state index is 12.2. The van der Waals surface area contributed by atoms with Crippen molar-refractivity contribution in [3.05, 3.63) is 64.7 Å². The van der Waals surface area contributed by atoms with Gasteiger partial charge in [-0.05, 0) is 42.6 Å². The van der Waals surface area contributed by atoms with E-state index in [9.17, 15) is 4.79 Å². The molecule has 2 aromatic rings. The smallest absolute Gasteiger partial charge is 0.228 e. The third kappa shape index (κ3) is 3.31. The fourth-order valence-corrected chi connectivity index (χ4v) is 2.73. The Morgan fingerprint density at radius 3 is 2.81 bits per heavy atom. The van der Waals surface area contributed by atoms with Gasteiger partial charge in [0.15, 0.2) is 0 Å². The average Bonchev–Trinajstić information content (AvgIpc) is 2.50. The molecule has 2 N–H and O–H groups in total. The maximum atomic E-state index is 12.2. The summed E-state index contributed by atoms with van der Waals surface area (Å²) in [5.74, 6) is 0.0470. The minimum atomic E-state index is 0.0470. The summed E-state index contributed by atoms with van der Waals surface area (Å²) >= 11 is 0. The number of hydrogen-bond donors (Lipinski definition) is 2. The van der Waals surface area contributed by atoms with Crippen LogP contribution in [0.2, 0.25) is 0 Å². The molecule has 0 bridgehead atoms. The lowest BCUT2D eigenvalue weighted by Gasteiger charge is -2.20. The molecule has 0 fully saturated rings. The van der Waals surface area contributed by atoms with Gasteiger partial charge >= 0.3 is 0 Å². The Labute approximate surface area is 125 Å². The van der Waals surface area contributed by atoms with E-state index in [1.807, 2.05) is 43.3 Å². The summed E-state index contributed by atoms with van der Waals surface area (Å²) in [6.45, 7) is 3.91. The monoisotopic (exact) mass is 280 g/mol. The van der Waals surface area contributed by atoms with Gasteiger partial charge in [-0.1, -0.05) is 42.0 Å². The number of rotatable bonds is 3. The highest BCUT2D eigenvalue weighted by Crippen LogP contribution is 2.23. The van der Waals surface area contributed by atoms with Gasteiger partial charge in [-0.3, -0.25) is 4.79 Å². The maximum Gasteiger partial charge on any atom is 0.228 e. The number of fused-ring (bicyclic) bond motifs is 1. The van der Waals surface area contributed by atoms with Crippen LogP contribution in [-0.4, -0.2) is 12.5 Å². The van der Waals surface area contributed by atoms with Crippen molar-refractivity contribution in [2.45, 2.75) is 26.3 Å². The Kier molecular flexibility index (Phi) is 4.02. The standard InChI is InChI=1S/C18H20N2O/c1-13-5-7-14(8-6-13)11-18(21)20-17-4-2-3-15-12-19-10-9-16(15)17/h2-8,19H,9-12H2,1H3,(H,20,21). The molecule has 2 aromatic carbocycles. The Balaban J connectivity index is 1.71. The Bertz CT molecular complexity index is 647. The van der Waals surface area contributed by atoms with E-state index < -0.39 is 0 Å². The largest absolute Gasteiger partial charge is 0.326 e. The fraction of sp³-hybridized carbons (Fsp3) is 0.278. The molecule has 1 aliphatic heterocycles. The van der Waals surface area contributed by atoms with E-state index in [0.717, 1.165) is 30.8 Å². The molecular formula is C18H20N2O. The number of hydrogen-bond acceptors (Lipinski definition) is 2. The van der Waals surface area contributed by atoms with Crippen LogP contribution in [0, 0.1) is 6.92 Å². The molecule has 1 amide bonds.